The Morgan fingerprint density at radius 1 is 1.54 bits per heavy atom. The minimum absolute atomic E-state index is 0.169. The second-order valence-electron chi connectivity index (χ2n) is 3.49. The van der Waals surface area contributed by atoms with Crippen LogP contribution in [0.3, 0.4) is 0 Å². The van der Waals surface area contributed by atoms with E-state index in [0.29, 0.717) is 5.92 Å². The summed E-state index contributed by atoms with van der Waals surface area (Å²) in [5.41, 5.74) is 1.85. The van der Waals surface area contributed by atoms with E-state index < -0.39 is 0 Å². The summed E-state index contributed by atoms with van der Waals surface area (Å²) in [5, 5.41) is 6.34. The largest absolute Gasteiger partial charge is 0.347 e. The van der Waals surface area contributed by atoms with Gasteiger partial charge in [0, 0.05) is 6.20 Å². The topological polar surface area (TPSA) is 50.2 Å². The number of rotatable bonds is 1. The number of fused-ring (bicyclic) bond motifs is 1. The quantitative estimate of drug-likeness (QED) is 0.700. The Morgan fingerprint density at radius 3 is 3.15 bits per heavy atom. The summed E-state index contributed by atoms with van der Waals surface area (Å²) in [4.78, 5) is 11.1. The molecule has 66 valence electrons. The third kappa shape index (κ3) is 0.983. The van der Waals surface area contributed by atoms with Crippen LogP contribution < -0.4 is 5.69 Å². The average molecular weight is 175 g/mol. The summed E-state index contributed by atoms with van der Waals surface area (Å²) < 4.78 is 1.52. The maximum Gasteiger partial charge on any atom is 0.347 e. The van der Waals surface area contributed by atoms with E-state index in [0.717, 1.165) is 5.65 Å². The maximum atomic E-state index is 11.1. The summed E-state index contributed by atoms with van der Waals surface area (Å²) in [6, 6.07) is 3.98. The Hall–Kier alpha value is -1.58. The predicted molar refractivity (Wildman–Crippen MR) is 47.8 cm³/mol. The molecule has 3 rings (SSSR count). The van der Waals surface area contributed by atoms with Gasteiger partial charge in [-0.1, -0.05) is 0 Å². The van der Waals surface area contributed by atoms with Crippen LogP contribution in [0.2, 0.25) is 0 Å². The summed E-state index contributed by atoms with van der Waals surface area (Å²) >= 11 is 0. The third-order valence-electron chi connectivity index (χ3n) is 2.49. The van der Waals surface area contributed by atoms with Crippen LogP contribution >= 0.6 is 0 Å². The second-order valence-corrected chi connectivity index (χ2v) is 3.49. The minimum atomic E-state index is -0.169. The summed E-state index contributed by atoms with van der Waals surface area (Å²) in [6.45, 7) is 0. The molecule has 0 saturated heterocycles. The Labute approximate surface area is 74.2 Å². The second kappa shape index (κ2) is 2.22. The monoisotopic (exact) mass is 175 g/mol. The van der Waals surface area contributed by atoms with Crippen LogP contribution in [0.1, 0.15) is 24.3 Å². The molecule has 13 heavy (non-hydrogen) atoms. The van der Waals surface area contributed by atoms with Crippen molar-refractivity contribution >= 4 is 5.65 Å². The fourth-order valence-electron chi connectivity index (χ4n) is 1.59. The van der Waals surface area contributed by atoms with E-state index in [2.05, 4.69) is 10.2 Å². The lowest BCUT2D eigenvalue weighted by Gasteiger charge is -1.96. The molecule has 1 N–H and O–H groups in total. The molecule has 4 heteroatoms. The van der Waals surface area contributed by atoms with Gasteiger partial charge in [-0.05, 0) is 36.5 Å². The molecule has 0 aliphatic heterocycles. The molecule has 2 aromatic heterocycles. The molecule has 2 heterocycles. The number of aromatic nitrogens is 3. The van der Waals surface area contributed by atoms with Crippen molar-refractivity contribution in [3.63, 3.8) is 0 Å². The molecule has 0 bridgehead atoms. The van der Waals surface area contributed by atoms with Crippen molar-refractivity contribution in [2.24, 2.45) is 0 Å². The standard InChI is InChI=1S/C9H9N3O/c13-9-11-10-8-5-7(6-1-2-6)3-4-12(8)9/h3-6H,1-2H2,(H,11,13). The molecule has 0 radical (unpaired) electrons. The predicted octanol–water partition coefficient (Wildman–Crippen LogP) is 0.900. The molecule has 1 aliphatic carbocycles. The first-order valence-electron chi connectivity index (χ1n) is 4.41. The zero-order valence-corrected chi connectivity index (χ0v) is 7.03. The van der Waals surface area contributed by atoms with Crippen molar-refractivity contribution < 1.29 is 0 Å². The van der Waals surface area contributed by atoms with Gasteiger partial charge in [-0.2, -0.15) is 5.10 Å². The van der Waals surface area contributed by atoms with E-state index >= 15 is 0 Å². The highest BCUT2D eigenvalue weighted by Gasteiger charge is 2.23. The Balaban J connectivity index is 2.27. The smallest absolute Gasteiger partial charge is 0.250 e. The lowest BCUT2D eigenvalue weighted by molar-refractivity contribution is 1.02. The van der Waals surface area contributed by atoms with E-state index in [1.165, 1.54) is 22.8 Å². The van der Waals surface area contributed by atoms with Gasteiger partial charge < -0.3 is 0 Å². The van der Waals surface area contributed by atoms with Gasteiger partial charge in [-0.25, -0.2) is 9.89 Å². The Morgan fingerprint density at radius 2 is 2.38 bits per heavy atom. The van der Waals surface area contributed by atoms with Gasteiger partial charge in [0.15, 0.2) is 5.65 Å². The van der Waals surface area contributed by atoms with Crippen molar-refractivity contribution in [2.45, 2.75) is 18.8 Å². The van der Waals surface area contributed by atoms with Crippen molar-refractivity contribution in [3.05, 3.63) is 34.4 Å². The van der Waals surface area contributed by atoms with E-state index in [9.17, 15) is 4.79 Å². The fraction of sp³-hybridized carbons (Fsp3) is 0.333. The van der Waals surface area contributed by atoms with Gasteiger partial charge >= 0.3 is 5.69 Å². The van der Waals surface area contributed by atoms with Gasteiger partial charge in [0.1, 0.15) is 0 Å². The van der Waals surface area contributed by atoms with Crippen LogP contribution in [-0.4, -0.2) is 14.6 Å². The molecule has 0 aromatic carbocycles. The number of nitrogens with one attached hydrogen (secondary N) is 1. The third-order valence-corrected chi connectivity index (χ3v) is 2.49. The van der Waals surface area contributed by atoms with E-state index in [-0.39, 0.29) is 5.69 Å². The molecule has 0 atom stereocenters. The minimum Gasteiger partial charge on any atom is -0.250 e. The van der Waals surface area contributed by atoms with Crippen molar-refractivity contribution in [3.8, 4) is 0 Å². The maximum absolute atomic E-state index is 11.1. The number of hydrogen-bond donors (Lipinski definition) is 1. The highest BCUT2D eigenvalue weighted by Crippen LogP contribution is 2.39. The summed E-state index contributed by atoms with van der Waals surface area (Å²) in [7, 11) is 0. The fourth-order valence-corrected chi connectivity index (χ4v) is 1.59. The zero-order chi connectivity index (χ0) is 8.84. The Kier molecular flexibility index (Phi) is 1.17. The molecular formula is C9H9N3O. The van der Waals surface area contributed by atoms with Crippen molar-refractivity contribution in [2.75, 3.05) is 0 Å². The highest BCUT2D eigenvalue weighted by atomic mass is 16.1. The molecule has 2 aromatic rings. The lowest BCUT2D eigenvalue weighted by Crippen LogP contribution is -2.08. The molecule has 1 aliphatic rings. The molecule has 1 saturated carbocycles. The van der Waals surface area contributed by atoms with Gasteiger partial charge in [0.05, 0.1) is 0 Å². The number of hydrogen-bond acceptors (Lipinski definition) is 2. The van der Waals surface area contributed by atoms with Crippen LogP contribution in [0.5, 0.6) is 0 Å². The van der Waals surface area contributed by atoms with Gasteiger partial charge in [-0.3, -0.25) is 4.40 Å². The van der Waals surface area contributed by atoms with E-state index in [1.54, 1.807) is 6.20 Å². The molecule has 0 spiro atoms. The number of aromatic amines is 1. The van der Waals surface area contributed by atoms with Gasteiger partial charge in [-0.15, -0.1) is 0 Å². The van der Waals surface area contributed by atoms with E-state index in [4.69, 9.17) is 0 Å². The molecule has 4 nitrogen and oxygen atoms in total. The highest BCUT2D eigenvalue weighted by molar-refractivity contribution is 5.42. The van der Waals surface area contributed by atoms with Crippen molar-refractivity contribution in [1.82, 2.24) is 14.6 Å². The van der Waals surface area contributed by atoms with Gasteiger partial charge in [0.25, 0.3) is 0 Å². The average Bonchev–Trinajstić information content (AvgIpc) is 2.93. The SMILES string of the molecule is O=c1[nH]nc2cc(C3CC3)ccn12. The van der Waals surface area contributed by atoms with Crippen LogP contribution in [0.15, 0.2) is 23.1 Å². The van der Waals surface area contributed by atoms with Crippen LogP contribution in [0.4, 0.5) is 0 Å². The lowest BCUT2D eigenvalue weighted by atomic mass is 10.2. The molecule has 1 fully saturated rings. The van der Waals surface area contributed by atoms with Crippen LogP contribution in [0.25, 0.3) is 5.65 Å². The first-order chi connectivity index (χ1) is 6.34. The summed E-state index contributed by atoms with van der Waals surface area (Å²) in [5.74, 6) is 0.705. The first kappa shape index (κ1) is 6.88. The Bertz CT molecular complexity index is 507. The van der Waals surface area contributed by atoms with Crippen LogP contribution in [-0.2, 0) is 0 Å². The molecule has 0 unspecified atom stereocenters. The first-order valence-corrected chi connectivity index (χ1v) is 4.41. The number of H-pyrrole nitrogens is 1. The molecule has 0 amide bonds. The zero-order valence-electron chi connectivity index (χ0n) is 7.03. The number of nitrogens with zero attached hydrogens (tertiary/aromatic N) is 2. The number of pyridine rings is 1. The van der Waals surface area contributed by atoms with Crippen molar-refractivity contribution in [1.29, 1.82) is 0 Å². The molecular weight excluding hydrogens is 166 g/mol. The van der Waals surface area contributed by atoms with E-state index in [1.807, 2.05) is 12.1 Å². The normalized spacial score (nSPS) is 16.6. The van der Waals surface area contributed by atoms with Gasteiger partial charge in [0.2, 0.25) is 0 Å². The van der Waals surface area contributed by atoms with Crippen LogP contribution in [0, 0.1) is 0 Å². The summed E-state index contributed by atoms with van der Waals surface area (Å²) in [6.07, 6.45) is 4.32.